The average molecular weight is 1140 g/mol. The maximum absolute atomic E-state index is 12.2. The van der Waals surface area contributed by atoms with E-state index in [1.807, 2.05) is 91.0 Å². The molecule has 0 atom stereocenters. The predicted molar refractivity (Wildman–Crippen MR) is 255 cm³/mol. The predicted octanol–water partition coefficient (Wildman–Crippen LogP) is 6.40. The van der Waals surface area contributed by atoms with E-state index in [1.54, 1.807) is 24.3 Å². The Morgan fingerprint density at radius 1 is 0.452 bits per heavy atom. The van der Waals surface area contributed by atoms with Gasteiger partial charge in [0.1, 0.15) is 0 Å². The third kappa shape index (κ3) is 24.1. The van der Waals surface area contributed by atoms with Gasteiger partial charge in [0, 0.05) is 0 Å². The van der Waals surface area contributed by atoms with Crippen LogP contribution in [0.2, 0.25) is 0 Å². The minimum Gasteiger partial charge on any atom is -1.00 e. The standard InChI is InChI=1S/C18H15OP.C12H10OP.2C10H14.CHCl3.2ClH.2Ru/c19-17-13-7-8-14-18(17)20(15-9-3-1-4-10-15)16-11-5-2-6-12-16;13-11-8-4-5-9-12(11)14-10-6-2-1-3-7-10;2*1-8(2)10-6-4-9(3)5-7-10;2-1(3)4;;;;/h1-14,19H;1-9,13H;2*4-8H,1-3H3;1H;2*1H;;/q;-1;;;;;;+2;+3/p-4. The van der Waals surface area contributed by atoms with Crippen LogP contribution in [0.1, 0.15) is 61.8 Å². The molecule has 7 aromatic rings. The molecule has 0 spiro atoms. The van der Waals surface area contributed by atoms with Crippen molar-refractivity contribution in [3.63, 3.8) is 0 Å². The third-order valence-electron chi connectivity index (χ3n) is 8.49. The quantitative estimate of drug-likeness (QED) is 0.106. The molecule has 0 saturated heterocycles. The van der Waals surface area contributed by atoms with Crippen LogP contribution in [0, 0.1) is 13.8 Å². The molecule has 0 saturated carbocycles. The fourth-order valence-electron chi connectivity index (χ4n) is 5.32. The van der Waals surface area contributed by atoms with Crippen LogP contribution in [0.4, 0.5) is 0 Å². The number of para-hydroxylation sites is 2. The van der Waals surface area contributed by atoms with E-state index in [-0.39, 0.29) is 75.3 Å². The second-order valence-electron chi connectivity index (χ2n) is 13.8. The van der Waals surface area contributed by atoms with Gasteiger partial charge in [-0.15, -0.1) is 11.5 Å². The Labute approximate surface area is 427 Å². The van der Waals surface area contributed by atoms with Gasteiger partial charge in [-0.2, -0.15) is 0 Å². The van der Waals surface area contributed by atoms with Gasteiger partial charge in [-0.25, -0.2) is 10.6 Å². The van der Waals surface area contributed by atoms with Crippen molar-refractivity contribution in [2.45, 2.75) is 57.7 Å². The van der Waals surface area contributed by atoms with Gasteiger partial charge in [-0.3, -0.25) is 0 Å². The second-order valence-corrected chi connectivity index (χ2v) is 19.2. The van der Waals surface area contributed by atoms with Crippen molar-refractivity contribution in [3.05, 3.63) is 210 Å². The molecule has 0 amide bonds. The van der Waals surface area contributed by atoms with Gasteiger partial charge < -0.3 is 43.6 Å². The molecular formula is C51H52Cl5O2P2Ru2. The van der Waals surface area contributed by atoms with Crippen molar-refractivity contribution < 1.29 is 74.0 Å². The number of rotatable bonds is 7. The molecule has 0 aromatic heterocycles. The first kappa shape index (κ1) is 61.8. The Morgan fingerprint density at radius 3 is 1.13 bits per heavy atom. The summed E-state index contributed by atoms with van der Waals surface area (Å²) in [6.45, 7) is 13.1. The minimum atomic E-state index is -0.779. The van der Waals surface area contributed by atoms with Gasteiger partial charge in [0.2, 0.25) is 0 Å². The number of aryl methyl sites for hydroxylation is 2. The largest absolute Gasteiger partial charge is 3.00 e. The summed E-state index contributed by atoms with van der Waals surface area (Å²) >= 11 is 14.4. The van der Waals surface area contributed by atoms with Crippen LogP contribution in [0.25, 0.3) is 0 Å². The Balaban J connectivity index is 0. The van der Waals surface area contributed by atoms with Gasteiger partial charge in [0.25, 0.3) is 0 Å². The van der Waals surface area contributed by atoms with E-state index < -0.39 is 12.2 Å². The van der Waals surface area contributed by atoms with E-state index in [0.717, 1.165) is 24.5 Å². The molecule has 0 bridgehead atoms. The number of hydrogen-bond donors (Lipinski definition) is 0. The van der Waals surface area contributed by atoms with E-state index in [0.29, 0.717) is 11.8 Å². The van der Waals surface area contributed by atoms with Crippen LogP contribution in [0.5, 0.6) is 11.5 Å². The summed E-state index contributed by atoms with van der Waals surface area (Å²) in [6, 6.07) is 62.4. The topological polar surface area (TPSA) is 46.1 Å². The van der Waals surface area contributed by atoms with Crippen molar-refractivity contribution in [1.82, 2.24) is 0 Å². The van der Waals surface area contributed by atoms with Gasteiger partial charge >= 0.3 is 39.0 Å². The normalized spacial score (nSPS) is 9.82. The summed E-state index contributed by atoms with van der Waals surface area (Å²) in [7, 11) is 0.203. The molecule has 1 radical (unpaired) electrons. The minimum absolute atomic E-state index is 0. The van der Waals surface area contributed by atoms with E-state index >= 15 is 0 Å². The van der Waals surface area contributed by atoms with Gasteiger partial charge in [0.05, 0.1) is 0 Å². The molecular weight excluding hydrogens is 1090 g/mol. The van der Waals surface area contributed by atoms with Crippen LogP contribution in [0.3, 0.4) is 0 Å². The number of benzene rings is 7. The summed E-state index contributed by atoms with van der Waals surface area (Å²) in [5.74, 6) is 1.53. The summed E-state index contributed by atoms with van der Waals surface area (Å²) in [6.07, 6.45) is 0. The Kier molecular flexibility index (Phi) is 34.9. The zero-order chi connectivity index (χ0) is 42.3. The molecule has 0 fully saturated rings. The van der Waals surface area contributed by atoms with E-state index in [9.17, 15) is 10.2 Å². The molecule has 0 N–H and O–H groups in total. The SMILES string of the molecule is Cc1ccc(C(C)C)cc1.Cc1ccc(C(C)C)cc1.ClC(Cl)Cl.[Cl-].[Cl-].[O-]c1ccccc1P(c1ccccc1)c1ccccc1.[O-]c1ccccc1[P-]c1ccccc1.[Ru+2].[Ru+3]. The molecule has 0 heterocycles. The summed E-state index contributed by atoms with van der Waals surface area (Å²) in [5, 5.41) is 28.9. The smallest absolute Gasteiger partial charge is 1.00 e. The third-order valence-corrected chi connectivity index (χ3v) is 12.1. The zero-order valence-corrected chi connectivity index (χ0v) is 44.5. The van der Waals surface area contributed by atoms with Crippen molar-refractivity contribution >= 4 is 77.8 Å². The maximum Gasteiger partial charge on any atom is 3.00 e. The van der Waals surface area contributed by atoms with Crippen LogP contribution in [-0.2, 0) is 39.0 Å². The fourth-order valence-corrected chi connectivity index (χ4v) is 8.59. The van der Waals surface area contributed by atoms with Gasteiger partial charge in [-0.05, 0) is 60.6 Å². The van der Waals surface area contributed by atoms with Gasteiger partial charge in [-0.1, -0.05) is 262 Å². The number of alkyl halides is 3. The fraction of sp³-hybridized carbons (Fsp3) is 0.176. The summed E-state index contributed by atoms with van der Waals surface area (Å²) in [4.78, 5) is 0. The van der Waals surface area contributed by atoms with E-state index in [1.165, 1.54) is 32.9 Å². The first-order valence-corrected chi connectivity index (χ1v) is 22.6. The number of hydrogen-bond acceptors (Lipinski definition) is 2. The Hall–Kier alpha value is -2.30. The number of halogens is 5. The molecule has 0 aliphatic heterocycles. The van der Waals surface area contributed by atoms with E-state index in [2.05, 4.69) is 114 Å². The average Bonchev–Trinajstić information content (AvgIpc) is 3.22. The molecule has 329 valence electrons. The summed E-state index contributed by atoms with van der Waals surface area (Å²) in [5.41, 5.74) is 5.52. The van der Waals surface area contributed by atoms with Gasteiger partial charge in [0.15, 0.2) is 4.30 Å². The second kappa shape index (κ2) is 35.0. The van der Waals surface area contributed by atoms with Crippen LogP contribution >= 0.6 is 51.3 Å². The molecule has 2 nitrogen and oxygen atoms in total. The zero-order valence-electron chi connectivity index (χ0n) is 35.4. The molecule has 7 rings (SSSR count). The molecule has 62 heavy (non-hydrogen) atoms. The molecule has 0 aliphatic carbocycles. The first-order valence-electron chi connectivity index (χ1n) is 19.1. The van der Waals surface area contributed by atoms with Crippen LogP contribution < -0.4 is 61.5 Å². The Morgan fingerprint density at radius 2 is 0.774 bits per heavy atom. The van der Waals surface area contributed by atoms with Crippen molar-refractivity contribution in [2.24, 2.45) is 0 Å². The molecule has 11 heteroatoms. The van der Waals surface area contributed by atoms with E-state index in [4.69, 9.17) is 34.8 Å². The first-order chi connectivity index (χ1) is 27.8. The molecule has 0 unspecified atom stereocenters. The maximum atomic E-state index is 12.2. The monoisotopic (exact) mass is 1140 g/mol. The van der Waals surface area contributed by atoms with Crippen LogP contribution in [-0.4, -0.2) is 4.30 Å². The van der Waals surface area contributed by atoms with Crippen molar-refractivity contribution in [1.29, 1.82) is 0 Å². The summed E-state index contributed by atoms with van der Waals surface area (Å²) < 4.78 is -0.750. The van der Waals surface area contributed by atoms with Crippen molar-refractivity contribution in [3.8, 4) is 11.5 Å². The molecule has 0 aliphatic rings. The Bertz CT molecular complexity index is 2060. The van der Waals surface area contributed by atoms with Crippen molar-refractivity contribution in [2.75, 3.05) is 0 Å². The van der Waals surface area contributed by atoms with Crippen LogP contribution in [0.15, 0.2) is 188 Å². The molecule has 7 aromatic carbocycles.